The number of carbonyl (C=O) groups is 2. The van der Waals surface area contributed by atoms with E-state index < -0.39 is 0 Å². The number of rotatable bonds is 6. The molecule has 0 spiro atoms. The largest absolute Gasteiger partial charge is 0.443 e. The highest BCUT2D eigenvalue weighted by Gasteiger charge is 2.21. The lowest BCUT2D eigenvalue weighted by Gasteiger charge is -2.08. The SMILES string of the molecule is CCCCCNCC1CNC(=O)O1.O=C1Cc2ccccc2N1. The molecule has 1 aromatic rings. The fraction of sp³-hybridized carbons (Fsp3) is 0.529. The van der Waals surface area contributed by atoms with Crippen LogP contribution in [0.5, 0.6) is 0 Å². The minimum absolute atomic E-state index is 0.0223. The van der Waals surface area contributed by atoms with Crippen molar-refractivity contribution in [3.63, 3.8) is 0 Å². The number of fused-ring (bicyclic) bond motifs is 1. The first-order valence-corrected chi connectivity index (χ1v) is 8.22. The van der Waals surface area contributed by atoms with Crippen LogP contribution in [0.1, 0.15) is 31.7 Å². The molecule has 0 bridgehead atoms. The van der Waals surface area contributed by atoms with Crippen molar-refractivity contribution in [1.29, 1.82) is 0 Å². The van der Waals surface area contributed by atoms with Crippen molar-refractivity contribution in [2.45, 2.75) is 38.7 Å². The van der Waals surface area contributed by atoms with Gasteiger partial charge in [-0.3, -0.25) is 4.79 Å². The molecule has 3 rings (SSSR count). The van der Waals surface area contributed by atoms with Crippen molar-refractivity contribution in [3.8, 4) is 0 Å². The second kappa shape index (κ2) is 9.15. The van der Waals surface area contributed by atoms with Crippen LogP contribution in [0.3, 0.4) is 0 Å². The number of anilines is 1. The Morgan fingerprint density at radius 2 is 2.09 bits per heavy atom. The molecule has 2 aliphatic rings. The highest BCUT2D eigenvalue weighted by molar-refractivity contribution is 5.98. The van der Waals surface area contributed by atoms with Gasteiger partial charge in [-0.15, -0.1) is 0 Å². The number of cyclic esters (lactones) is 1. The number of hydrogen-bond donors (Lipinski definition) is 3. The summed E-state index contributed by atoms with van der Waals surface area (Å²) in [6.07, 6.45) is 3.97. The van der Waals surface area contributed by atoms with Crippen LogP contribution in [0.15, 0.2) is 24.3 Å². The van der Waals surface area contributed by atoms with Gasteiger partial charge in [0.15, 0.2) is 0 Å². The molecule has 126 valence electrons. The van der Waals surface area contributed by atoms with Gasteiger partial charge in [0, 0.05) is 12.2 Å². The van der Waals surface area contributed by atoms with E-state index in [1.54, 1.807) is 0 Å². The van der Waals surface area contributed by atoms with E-state index in [2.05, 4.69) is 22.9 Å². The zero-order chi connectivity index (χ0) is 16.5. The second-order valence-electron chi connectivity index (χ2n) is 5.70. The van der Waals surface area contributed by atoms with Crippen LogP contribution in [0.4, 0.5) is 10.5 Å². The second-order valence-corrected chi connectivity index (χ2v) is 5.70. The lowest BCUT2D eigenvalue weighted by molar-refractivity contribution is -0.115. The molecule has 0 radical (unpaired) electrons. The molecule has 2 heterocycles. The molecule has 0 aliphatic carbocycles. The van der Waals surface area contributed by atoms with Crippen molar-refractivity contribution < 1.29 is 14.3 Å². The van der Waals surface area contributed by atoms with Gasteiger partial charge in [0.2, 0.25) is 5.91 Å². The van der Waals surface area contributed by atoms with Crippen molar-refractivity contribution in [3.05, 3.63) is 29.8 Å². The molecule has 1 unspecified atom stereocenters. The van der Waals surface area contributed by atoms with Crippen molar-refractivity contribution >= 4 is 17.7 Å². The molecule has 1 aromatic carbocycles. The van der Waals surface area contributed by atoms with E-state index in [0.29, 0.717) is 13.0 Å². The van der Waals surface area contributed by atoms with Crippen LogP contribution in [0.25, 0.3) is 0 Å². The summed E-state index contributed by atoms with van der Waals surface area (Å²) in [5.41, 5.74) is 2.07. The van der Waals surface area contributed by atoms with Crippen LogP contribution in [-0.4, -0.2) is 37.7 Å². The van der Waals surface area contributed by atoms with Gasteiger partial charge in [-0.1, -0.05) is 38.0 Å². The topological polar surface area (TPSA) is 79.5 Å². The maximum Gasteiger partial charge on any atom is 0.407 e. The van der Waals surface area contributed by atoms with E-state index in [1.807, 2.05) is 24.3 Å². The number of unbranched alkanes of at least 4 members (excludes halogenated alkanes) is 2. The molecule has 3 N–H and O–H groups in total. The van der Waals surface area contributed by atoms with E-state index in [-0.39, 0.29) is 18.1 Å². The zero-order valence-corrected chi connectivity index (χ0v) is 13.6. The maximum absolute atomic E-state index is 10.8. The Kier molecular flexibility index (Phi) is 6.87. The van der Waals surface area contributed by atoms with Gasteiger partial charge in [-0.05, 0) is 24.6 Å². The summed E-state index contributed by atoms with van der Waals surface area (Å²) in [6.45, 7) is 4.60. The Hall–Kier alpha value is -2.08. The first-order valence-electron chi connectivity index (χ1n) is 8.22. The summed E-state index contributed by atoms with van der Waals surface area (Å²) in [5, 5.41) is 8.64. The first kappa shape index (κ1) is 17.3. The Balaban J connectivity index is 0.000000172. The quantitative estimate of drug-likeness (QED) is 0.701. The number of ether oxygens (including phenoxy) is 1. The number of benzene rings is 1. The van der Waals surface area contributed by atoms with E-state index in [4.69, 9.17) is 4.74 Å². The van der Waals surface area contributed by atoms with Gasteiger partial charge in [0.05, 0.1) is 13.0 Å². The van der Waals surface area contributed by atoms with Gasteiger partial charge >= 0.3 is 6.09 Å². The molecule has 6 nitrogen and oxygen atoms in total. The molecular weight excluding hydrogens is 294 g/mol. The molecule has 6 heteroatoms. The van der Waals surface area contributed by atoms with Crippen molar-refractivity contribution in [2.24, 2.45) is 0 Å². The lowest BCUT2D eigenvalue weighted by Crippen LogP contribution is -2.30. The molecule has 2 aliphatic heterocycles. The van der Waals surface area contributed by atoms with E-state index in [1.165, 1.54) is 19.3 Å². The molecule has 0 aromatic heterocycles. The van der Waals surface area contributed by atoms with E-state index in [0.717, 1.165) is 24.3 Å². The van der Waals surface area contributed by atoms with Gasteiger partial charge in [0.25, 0.3) is 0 Å². The highest BCUT2D eigenvalue weighted by atomic mass is 16.6. The molecular formula is C17H25N3O3. The fourth-order valence-electron chi connectivity index (χ4n) is 2.47. The Bertz CT molecular complexity index is 507. The van der Waals surface area contributed by atoms with Gasteiger partial charge < -0.3 is 20.7 Å². The number of para-hydroxylation sites is 1. The van der Waals surface area contributed by atoms with Crippen LogP contribution >= 0.6 is 0 Å². The normalized spacial score (nSPS) is 18.4. The number of amides is 2. The third-order valence-electron chi connectivity index (χ3n) is 3.72. The summed E-state index contributed by atoms with van der Waals surface area (Å²) in [7, 11) is 0. The summed E-state index contributed by atoms with van der Waals surface area (Å²) < 4.78 is 4.96. The maximum atomic E-state index is 10.8. The summed E-state index contributed by atoms with van der Waals surface area (Å²) in [4.78, 5) is 21.4. The molecule has 1 saturated heterocycles. The van der Waals surface area contributed by atoms with Crippen LogP contribution in [0, 0.1) is 0 Å². The molecule has 2 amide bonds. The molecule has 1 fully saturated rings. The average molecular weight is 319 g/mol. The van der Waals surface area contributed by atoms with Crippen molar-refractivity contribution in [1.82, 2.24) is 10.6 Å². The third-order valence-corrected chi connectivity index (χ3v) is 3.72. The summed E-state index contributed by atoms with van der Waals surface area (Å²) >= 11 is 0. The highest BCUT2D eigenvalue weighted by Crippen LogP contribution is 2.20. The van der Waals surface area contributed by atoms with E-state index in [9.17, 15) is 9.59 Å². The monoisotopic (exact) mass is 319 g/mol. The van der Waals surface area contributed by atoms with Gasteiger partial charge in [0.1, 0.15) is 6.10 Å². The fourth-order valence-corrected chi connectivity index (χ4v) is 2.47. The number of carbonyl (C=O) groups excluding carboxylic acids is 2. The van der Waals surface area contributed by atoms with Gasteiger partial charge in [-0.2, -0.15) is 0 Å². The molecule has 1 atom stereocenters. The van der Waals surface area contributed by atoms with Crippen LogP contribution in [-0.2, 0) is 16.0 Å². The smallest absolute Gasteiger partial charge is 0.407 e. The van der Waals surface area contributed by atoms with Gasteiger partial charge in [-0.25, -0.2) is 4.79 Å². The Morgan fingerprint density at radius 3 is 2.78 bits per heavy atom. The van der Waals surface area contributed by atoms with Crippen LogP contribution in [0.2, 0.25) is 0 Å². The van der Waals surface area contributed by atoms with Crippen molar-refractivity contribution in [2.75, 3.05) is 25.0 Å². The third kappa shape index (κ3) is 5.90. The standard InChI is InChI=1S/C9H18N2O2.C8H7NO/c1-2-3-4-5-10-6-8-7-11-9(12)13-8;10-8-5-6-3-1-2-4-7(6)9-8/h8,10H,2-7H2,1H3,(H,11,12);1-4H,5H2,(H,9,10). The predicted molar refractivity (Wildman–Crippen MR) is 89.4 cm³/mol. The number of alkyl carbamates (subject to hydrolysis) is 1. The summed E-state index contributed by atoms with van der Waals surface area (Å²) in [5.74, 6) is 0.0983. The zero-order valence-electron chi connectivity index (χ0n) is 13.6. The Labute approximate surface area is 137 Å². The average Bonchev–Trinajstić information content (AvgIpc) is 3.12. The Morgan fingerprint density at radius 1 is 1.26 bits per heavy atom. The predicted octanol–water partition coefficient (Wildman–Crippen LogP) is 2.06. The number of hydrogen-bond acceptors (Lipinski definition) is 4. The molecule has 0 saturated carbocycles. The summed E-state index contributed by atoms with van der Waals surface area (Å²) in [6, 6.07) is 7.75. The minimum Gasteiger partial charge on any atom is -0.443 e. The molecule has 23 heavy (non-hydrogen) atoms. The minimum atomic E-state index is -0.291. The van der Waals surface area contributed by atoms with E-state index >= 15 is 0 Å². The van der Waals surface area contributed by atoms with Crippen LogP contribution < -0.4 is 16.0 Å². The number of nitrogens with one attached hydrogen (secondary N) is 3. The first-order chi connectivity index (χ1) is 11.2. The lowest BCUT2D eigenvalue weighted by atomic mass is 10.2.